The summed E-state index contributed by atoms with van der Waals surface area (Å²) in [5.41, 5.74) is 7.39. The number of unbranched alkanes of at least 4 members (excludes halogenated alkanes) is 1. The van der Waals surface area contributed by atoms with Gasteiger partial charge in [0.15, 0.2) is 11.6 Å². The van der Waals surface area contributed by atoms with Gasteiger partial charge in [-0.05, 0) is 86.3 Å². The zero-order valence-corrected chi connectivity index (χ0v) is 21.0. The molecule has 6 nitrogen and oxygen atoms in total. The van der Waals surface area contributed by atoms with Gasteiger partial charge in [0.25, 0.3) is 0 Å². The molecule has 0 radical (unpaired) electrons. The lowest BCUT2D eigenvalue weighted by Gasteiger charge is -2.23. The second-order valence-electron chi connectivity index (χ2n) is 9.74. The Morgan fingerprint density at radius 1 is 0.611 bits per heavy atom. The fourth-order valence-electron chi connectivity index (χ4n) is 5.30. The molecular weight excluding hydrogens is 444 g/mol. The molecule has 6 rings (SSSR count). The van der Waals surface area contributed by atoms with Crippen molar-refractivity contribution in [3.05, 3.63) is 96.3 Å². The van der Waals surface area contributed by atoms with Crippen molar-refractivity contribution in [3.63, 3.8) is 0 Å². The van der Waals surface area contributed by atoms with Gasteiger partial charge >= 0.3 is 0 Å². The van der Waals surface area contributed by atoms with E-state index in [4.69, 9.17) is 9.97 Å². The minimum atomic E-state index is 0.841. The van der Waals surface area contributed by atoms with Crippen LogP contribution < -0.4 is 19.6 Å². The zero-order valence-electron chi connectivity index (χ0n) is 21.0. The molecule has 0 saturated carbocycles. The third-order valence-corrected chi connectivity index (χ3v) is 7.08. The van der Waals surface area contributed by atoms with E-state index in [0.29, 0.717) is 0 Å². The van der Waals surface area contributed by atoms with Crippen LogP contribution in [0.3, 0.4) is 0 Å². The second kappa shape index (κ2) is 9.53. The molecule has 0 fully saturated rings. The second-order valence-corrected chi connectivity index (χ2v) is 9.74. The van der Waals surface area contributed by atoms with E-state index in [9.17, 15) is 0 Å². The van der Waals surface area contributed by atoms with Crippen LogP contribution in [0.15, 0.2) is 85.2 Å². The van der Waals surface area contributed by atoms with Crippen LogP contribution in [0.1, 0.15) is 24.0 Å². The van der Waals surface area contributed by atoms with Crippen LogP contribution >= 0.6 is 0 Å². The molecule has 6 heteroatoms. The lowest BCUT2D eigenvalue weighted by molar-refractivity contribution is 0.678. The third kappa shape index (κ3) is 4.24. The van der Waals surface area contributed by atoms with Crippen LogP contribution in [0.25, 0.3) is 0 Å². The maximum absolute atomic E-state index is 4.72. The minimum absolute atomic E-state index is 0.841. The Hall–Kier alpha value is -4.06. The lowest BCUT2D eigenvalue weighted by Crippen LogP contribution is -2.31. The number of anilines is 6. The number of benzene rings is 2. The molecule has 0 aliphatic carbocycles. The first kappa shape index (κ1) is 22.4. The van der Waals surface area contributed by atoms with Crippen LogP contribution in [0.2, 0.25) is 0 Å². The topological polar surface area (TPSA) is 38.7 Å². The van der Waals surface area contributed by atoms with E-state index in [0.717, 1.165) is 50.9 Å². The van der Waals surface area contributed by atoms with Gasteiger partial charge in [-0.1, -0.05) is 24.3 Å². The Morgan fingerprint density at radius 3 is 1.53 bits per heavy atom. The van der Waals surface area contributed by atoms with Crippen molar-refractivity contribution in [2.24, 2.45) is 0 Å². The maximum atomic E-state index is 4.72. The molecule has 0 saturated heterocycles. The van der Waals surface area contributed by atoms with Crippen LogP contribution in [-0.4, -0.2) is 36.4 Å². The Morgan fingerprint density at radius 2 is 1.08 bits per heavy atom. The summed E-state index contributed by atoms with van der Waals surface area (Å²) in [5.74, 6) is 2.10. The quantitative estimate of drug-likeness (QED) is 0.287. The van der Waals surface area contributed by atoms with Crippen molar-refractivity contribution in [1.29, 1.82) is 0 Å². The van der Waals surface area contributed by atoms with E-state index in [2.05, 4.69) is 94.1 Å². The number of nitrogens with zero attached hydrogens (tertiary/aromatic N) is 6. The summed E-state index contributed by atoms with van der Waals surface area (Å²) in [6.07, 6.45) is 6.02. The van der Waals surface area contributed by atoms with Crippen molar-refractivity contribution in [3.8, 4) is 0 Å². The highest BCUT2D eigenvalue weighted by Crippen LogP contribution is 2.40. The number of rotatable bonds is 7. The summed E-state index contributed by atoms with van der Waals surface area (Å²) >= 11 is 0. The average molecular weight is 477 g/mol. The van der Waals surface area contributed by atoms with E-state index >= 15 is 0 Å². The Kier molecular flexibility index (Phi) is 5.93. The van der Waals surface area contributed by atoms with Crippen LogP contribution in [-0.2, 0) is 0 Å². The van der Waals surface area contributed by atoms with Crippen molar-refractivity contribution < 1.29 is 0 Å². The van der Waals surface area contributed by atoms with E-state index in [1.54, 1.807) is 0 Å². The molecule has 2 aromatic heterocycles. The molecule has 2 aliphatic rings. The summed E-state index contributed by atoms with van der Waals surface area (Å²) in [6.45, 7) is 7.99. The van der Waals surface area contributed by atoms with E-state index < -0.39 is 0 Å². The minimum Gasteiger partial charge on any atom is -0.350 e. The van der Waals surface area contributed by atoms with Gasteiger partial charge in [-0.2, -0.15) is 0 Å². The monoisotopic (exact) mass is 476 g/mol. The first-order chi connectivity index (χ1) is 17.7. The molecule has 4 heterocycles. The first-order valence-corrected chi connectivity index (χ1v) is 12.8. The number of aryl methyl sites for hydroxylation is 2. The highest BCUT2D eigenvalue weighted by atomic mass is 15.4. The number of hydrogen-bond acceptors (Lipinski definition) is 6. The van der Waals surface area contributed by atoms with Crippen molar-refractivity contribution >= 4 is 34.4 Å². The largest absolute Gasteiger partial charge is 0.350 e. The first-order valence-electron chi connectivity index (χ1n) is 12.8. The number of hydrogen-bond donors (Lipinski definition) is 0. The molecule has 2 aromatic carbocycles. The molecule has 4 aromatic rings. The summed E-state index contributed by atoms with van der Waals surface area (Å²) in [5, 5.41) is 0. The number of pyridine rings is 2. The fraction of sp³-hybridized carbons (Fsp3) is 0.267. The molecular formula is C30H32N6. The van der Waals surface area contributed by atoms with Gasteiger partial charge in [-0.15, -0.1) is 0 Å². The van der Waals surface area contributed by atoms with Gasteiger partial charge in [0.2, 0.25) is 0 Å². The van der Waals surface area contributed by atoms with Gasteiger partial charge in [0.1, 0.15) is 0 Å². The SMILES string of the molecule is Cc1cccc(N2CN(CCCCN3CN(c4cccc(C)c4)c4ncccc43)c3cccnc32)c1. The highest BCUT2D eigenvalue weighted by molar-refractivity contribution is 5.80. The molecule has 0 atom stereocenters. The van der Waals surface area contributed by atoms with Gasteiger partial charge in [0.05, 0.1) is 24.7 Å². The lowest BCUT2D eigenvalue weighted by atomic mass is 10.2. The van der Waals surface area contributed by atoms with E-state index in [1.807, 2.05) is 24.5 Å². The molecule has 0 amide bonds. The molecule has 2 aliphatic heterocycles. The average Bonchev–Trinajstić information content (AvgIpc) is 3.46. The van der Waals surface area contributed by atoms with Crippen LogP contribution in [0.5, 0.6) is 0 Å². The normalized spacial score (nSPS) is 14.4. The number of fused-ring (bicyclic) bond motifs is 2. The van der Waals surface area contributed by atoms with Gasteiger partial charge < -0.3 is 19.6 Å². The standard InChI is InChI=1S/C30H32N6/c1-23-9-5-11-25(19-23)35-21-33(27-13-7-15-31-29(27)35)17-3-4-18-34-22-36(26-12-6-10-24(2)20-26)30-28(34)14-8-16-32-30/h5-16,19-20H,3-4,17-18,21-22H2,1-2H3. The zero-order chi connectivity index (χ0) is 24.5. The Labute approximate surface area is 213 Å². The number of aromatic nitrogens is 2. The fourth-order valence-corrected chi connectivity index (χ4v) is 5.30. The summed E-state index contributed by atoms with van der Waals surface area (Å²) in [6, 6.07) is 25.8. The predicted octanol–water partition coefficient (Wildman–Crippen LogP) is 6.41. The van der Waals surface area contributed by atoms with Gasteiger partial charge in [-0.25, -0.2) is 9.97 Å². The molecule has 0 unspecified atom stereocenters. The maximum Gasteiger partial charge on any atom is 0.158 e. The van der Waals surface area contributed by atoms with Gasteiger partial charge in [-0.3, -0.25) is 0 Å². The van der Waals surface area contributed by atoms with Crippen LogP contribution in [0, 0.1) is 13.8 Å². The molecule has 0 spiro atoms. The molecule has 36 heavy (non-hydrogen) atoms. The van der Waals surface area contributed by atoms with E-state index in [1.165, 1.54) is 33.9 Å². The van der Waals surface area contributed by atoms with Gasteiger partial charge in [0, 0.05) is 36.9 Å². The summed E-state index contributed by atoms with van der Waals surface area (Å²) in [7, 11) is 0. The predicted molar refractivity (Wildman–Crippen MR) is 149 cm³/mol. The highest BCUT2D eigenvalue weighted by Gasteiger charge is 2.29. The Bertz CT molecular complexity index is 1260. The molecule has 0 bridgehead atoms. The van der Waals surface area contributed by atoms with Crippen LogP contribution in [0.4, 0.5) is 34.4 Å². The van der Waals surface area contributed by atoms with Crippen molar-refractivity contribution in [1.82, 2.24) is 9.97 Å². The summed E-state index contributed by atoms with van der Waals surface area (Å²) in [4.78, 5) is 19.0. The summed E-state index contributed by atoms with van der Waals surface area (Å²) < 4.78 is 0. The van der Waals surface area contributed by atoms with Crippen molar-refractivity contribution in [2.45, 2.75) is 26.7 Å². The van der Waals surface area contributed by atoms with E-state index in [-0.39, 0.29) is 0 Å². The van der Waals surface area contributed by atoms with Crippen molar-refractivity contribution in [2.75, 3.05) is 46.0 Å². The Balaban J connectivity index is 1.11. The third-order valence-electron chi connectivity index (χ3n) is 7.08. The molecule has 0 N–H and O–H groups in total. The molecule has 182 valence electrons. The smallest absolute Gasteiger partial charge is 0.158 e.